The van der Waals surface area contributed by atoms with Gasteiger partial charge in [0.2, 0.25) is 5.91 Å². The molecule has 3 amide bonds. The molecule has 0 aliphatic carbocycles. The number of anilines is 1. The summed E-state index contributed by atoms with van der Waals surface area (Å²) in [5.41, 5.74) is 3.94. The summed E-state index contributed by atoms with van der Waals surface area (Å²) in [4.78, 5) is 29.5. The Morgan fingerprint density at radius 1 is 1.13 bits per heavy atom. The van der Waals surface area contributed by atoms with Crippen molar-refractivity contribution in [3.63, 3.8) is 0 Å². The van der Waals surface area contributed by atoms with Gasteiger partial charge in [-0.1, -0.05) is 31.0 Å². The van der Waals surface area contributed by atoms with Crippen molar-refractivity contribution in [2.75, 3.05) is 38.7 Å². The first-order valence-corrected chi connectivity index (χ1v) is 10.9. The summed E-state index contributed by atoms with van der Waals surface area (Å²) >= 11 is 0. The van der Waals surface area contributed by atoms with E-state index < -0.39 is 0 Å². The van der Waals surface area contributed by atoms with Crippen molar-refractivity contribution < 1.29 is 14.3 Å². The highest BCUT2D eigenvalue weighted by molar-refractivity contribution is 5.93. The Bertz CT molecular complexity index is 862. The van der Waals surface area contributed by atoms with Crippen LogP contribution in [-0.4, -0.2) is 59.7 Å². The zero-order valence-electron chi connectivity index (χ0n) is 19.5. The monoisotopic (exact) mass is 428 g/mol. The first-order chi connectivity index (χ1) is 14.8. The highest BCUT2D eigenvalue weighted by Gasteiger charge is 2.22. The van der Waals surface area contributed by atoms with Gasteiger partial charge < -0.3 is 24.4 Å². The van der Waals surface area contributed by atoms with Crippen molar-refractivity contribution in [2.24, 2.45) is 7.05 Å². The minimum Gasteiger partial charge on any atom is -0.383 e. The van der Waals surface area contributed by atoms with Crippen LogP contribution in [0.3, 0.4) is 0 Å². The van der Waals surface area contributed by atoms with E-state index in [1.165, 1.54) is 0 Å². The Morgan fingerprint density at radius 3 is 2.52 bits per heavy atom. The number of hydrogen-bond donors (Lipinski definition) is 1. The Morgan fingerprint density at radius 2 is 1.90 bits per heavy atom. The maximum Gasteiger partial charge on any atom is 0.322 e. The van der Waals surface area contributed by atoms with Gasteiger partial charge in [-0.15, -0.1) is 0 Å². The highest BCUT2D eigenvalue weighted by Crippen LogP contribution is 2.17. The van der Waals surface area contributed by atoms with Crippen LogP contribution in [0.25, 0.3) is 0 Å². The van der Waals surface area contributed by atoms with Crippen molar-refractivity contribution in [3.05, 3.63) is 53.3 Å². The quantitative estimate of drug-likeness (QED) is 0.589. The molecule has 0 aliphatic rings. The van der Waals surface area contributed by atoms with E-state index in [2.05, 4.69) is 12.2 Å². The number of ether oxygens (including phenoxy) is 1. The lowest BCUT2D eigenvalue weighted by molar-refractivity contribution is -0.133. The van der Waals surface area contributed by atoms with E-state index in [-0.39, 0.29) is 18.5 Å². The normalized spacial score (nSPS) is 10.7. The SMILES string of the molecule is CCCCN(CC(=O)N(CCOC)Cc1cccn1C)C(=O)Nc1ccc(C)cc1C. The van der Waals surface area contributed by atoms with E-state index in [1.54, 1.807) is 16.9 Å². The topological polar surface area (TPSA) is 66.8 Å². The Labute approximate surface area is 186 Å². The standard InChI is InChI=1S/C24H36N4O3/c1-6-7-13-28(24(30)25-22-11-10-19(2)16-20(22)3)18-23(29)27(14-15-31-5)17-21-9-8-12-26(21)4/h8-12,16H,6-7,13-15,17-18H2,1-5H3,(H,25,30). The molecule has 0 aliphatic heterocycles. The lowest BCUT2D eigenvalue weighted by Gasteiger charge is -2.28. The lowest BCUT2D eigenvalue weighted by atomic mass is 10.1. The summed E-state index contributed by atoms with van der Waals surface area (Å²) in [6.45, 7) is 8.02. The van der Waals surface area contributed by atoms with E-state index >= 15 is 0 Å². The molecule has 0 unspecified atom stereocenters. The summed E-state index contributed by atoms with van der Waals surface area (Å²) in [7, 11) is 3.58. The number of aryl methyl sites for hydroxylation is 3. The van der Waals surface area contributed by atoms with Gasteiger partial charge in [-0.25, -0.2) is 4.79 Å². The van der Waals surface area contributed by atoms with Crippen molar-refractivity contribution in [3.8, 4) is 0 Å². The van der Waals surface area contributed by atoms with Crippen LogP contribution in [0, 0.1) is 13.8 Å². The third-order valence-electron chi connectivity index (χ3n) is 5.34. The van der Waals surface area contributed by atoms with Crippen LogP contribution in [0.1, 0.15) is 36.6 Å². The number of urea groups is 1. The molecule has 1 heterocycles. The van der Waals surface area contributed by atoms with Crippen molar-refractivity contribution >= 4 is 17.6 Å². The average Bonchev–Trinajstić information content (AvgIpc) is 3.14. The summed E-state index contributed by atoms with van der Waals surface area (Å²) in [6, 6.07) is 9.61. The van der Waals surface area contributed by atoms with Crippen molar-refractivity contribution in [2.45, 2.75) is 40.2 Å². The zero-order valence-corrected chi connectivity index (χ0v) is 19.5. The fourth-order valence-electron chi connectivity index (χ4n) is 3.36. The lowest BCUT2D eigenvalue weighted by Crippen LogP contribution is -2.45. The number of nitrogens with zero attached hydrogens (tertiary/aromatic N) is 3. The van der Waals surface area contributed by atoms with Gasteiger partial charge in [0.05, 0.1) is 13.2 Å². The number of benzene rings is 1. The van der Waals surface area contributed by atoms with Crippen molar-refractivity contribution in [1.82, 2.24) is 14.4 Å². The maximum absolute atomic E-state index is 13.2. The minimum absolute atomic E-state index is 0.0326. The number of methoxy groups -OCH3 is 1. The minimum atomic E-state index is -0.251. The second kappa shape index (κ2) is 12.2. The predicted octanol–water partition coefficient (Wildman–Crippen LogP) is 3.95. The van der Waals surface area contributed by atoms with Crippen LogP contribution >= 0.6 is 0 Å². The smallest absolute Gasteiger partial charge is 0.322 e. The summed E-state index contributed by atoms with van der Waals surface area (Å²) in [5, 5.41) is 2.98. The van der Waals surface area contributed by atoms with Gasteiger partial charge >= 0.3 is 6.03 Å². The number of rotatable bonds is 11. The molecule has 1 aromatic carbocycles. The molecule has 7 nitrogen and oxygen atoms in total. The van der Waals surface area contributed by atoms with E-state index in [1.807, 2.05) is 62.0 Å². The molecule has 0 saturated heterocycles. The van der Waals surface area contributed by atoms with Gasteiger partial charge in [-0.2, -0.15) is 0 Å². The van der Waals surface area contributed by atoms with Crippen LogP contribution in [0.4, 0.5) is 10.5 Å². The number of hydrogen-bond acceptors (Lipinski definition) is 3. The molecule has 170 valence electrons. The van der Waals surface area contributed by atoms with Crippen LogP contribution in [0.15, 0.2) is 36.5 Å². The van der Waals surface area contributed by atoms with Gasteiger partial charge in [-0.05, 0) is 44.0 Å². The van der Waals surface area contributed by atoms with Crippen LogP contribution in [0.5, 0.6) is 0 Å². The molecule has 2 aromatic rings. The molecule has 31 heavy (non-hydrogen) atoms. The fourth-order valence-corrected chi connectivity index (χ4v) is 3.36. The molecule has 0 fully saturated rings. The van der Waals surface area contributed by atoms with E-state index in [4.69, 9.17) is 4.74 Å². The summed E-state index contributed by atoms with van der Waals surface area (Å²) in [6.07, 6.45) is 3.74. The molecule has 1 aromatic heterocycles. The number of unbranched alkanes of at least 4 members (excludes halogenated alkanes) is 1. The second-order valence-corrected chi connectivity index (χ2v) is 7.94. The zero-order chi connectivity index (χ0) is 22.8. The fraction of sp³-hybridized carbons (Fsp3) is 0.500. The van der Waals surface area contributed by atoms with E-state index in [0.717, 1.165) is 35.3 Å². The Hall–Kier alpha value is -2.80. The second-order valence-electron chi connectivity index (χ2n) is 7.94. The molecular formula is C24H36N4O3. The van der Waals surface area contributed by atoms with Gasteiger partial charge in [0.1, 0.15) is 6.54 Å². The summed E-state index contributed by atoms with van der Waals surface area (Å²) in [5.74, 6) is -0.0925. The molecule has 2 rings (SSSR count). The van der Waals surface area contributed by atoms with Gasteiger partial charge in [0, 0.05) is 44.8 Å². The van der Waals surface area contributed by atoms with Gasteiger partial charge in [0.25, 0.3) is 0 Å². The highest BCUT2D eigenvalue weighted by atomic mass is 16.5. The molecule has 0 spiro atoms. The average molecular weight is 429 g/mol. The molecule has 0 atom stereocenters. The number of aromatic nitrogens is 1. The number of carbonyl (C=O) groups is 2. The molecule has 1 N–H and O–H groups in total. The van der Waals surface area contributed by atoms with Crippen molar-refractivity contribution in [1.29, 1.82) is 0 Å². The third-order valence-corrected chi connectivity index (χ3v) is 5.34. The maximum atomic E-state index is 13.2. The Balaban J connectivity index is 2.12. The predicted molar refractivity (Wildman–Crippen MR) is 124 cm³/mol. The molecule has 0 saturated carbocycles. The molecule has 0 bridgehead atoms. The number of nitrogens with one attached hydrogen (secondary N) is 1. The first kappa shape index (κ1) is 24.5. The largest absolute Gasteiger partial charge is 0.383 e. The molecule has 7 heteroatoms. The van der Waals surface area contributed by atoms with E-state index in [0.29, 0.717) is 26.2 Å². The Kier molecular flexibility index (Phi) is 9.59. The van der Waals surface area contributed by atoms with Crippen LogP contribution < -0.4 is 5.32 Å². The molecular weight excluding hydrogens is 392 g/mol. The van der Waals surface area contributed by atoms with Crippen LogP contribution in [-0.2, 0) is 23.1 Å². The van der Waals surface area contributed by atoms with Crippen LogP contribution in [0.2, 0.25) is 0 Å². The number of amides is 3. The number of carbonyl (C=O) groups excluding carboxylic acids is 2. The molecule has 0 radical (unpaired) electrons. The first-order valence-electron chi connectivity index (χ1n) is 10.9. The third kappa shape index (κ3) is 7.43. The summed E-state index contributed by atoms with van der Waals surface area (Å²) < 4.78 is 7.19. The van der Waals surface area contributed by atoms with Gasteiger partial charge in [-0.3, -0.25) is 4.79 Å². The van der Waals surface area contributed by atoms with E-state index in [9.17, 15) is 9.59 Å². The van der Waals surface area contributed by atoms with Gasteiger partial charge in [0.15, 0.2) is 0 Å².